The van der Waals surface area contributed by atoms with Crippen LogP contribution in [0.15, 0.2) is 30.6 Å². The molecule has 4 heteroatoms. The van der Waals surface area contributed by atoms with Crippen molar-refractivity contribution in [3.8, 4) is 0 Å². The van der Waals surface area contributed by atoms with Crippen LogP contribution >= 0.6 is 0 Å². The normalized spacial score (nSPS) is 12.6. The summed E-state index contributed by atoms with van der Waals surface area (Å²) in [5, 5.41) is 3.41. The van der Waals surface area contributed by atoms with Gasteiger partial charge in [0.1, 0.15) is 11.6 Å². The first-order valence-corrected chi connectivity index (χ1v) is 7.17. The summed E-state index contributed by atoms with van der Waals surface area (Å²) in [5.74, 6) is 0.681. The first kappa shape index (κ1) is 14.7. The van der Waals surface area contributed by atoms with Gasteiger partial charge in [0.2, 0.25) is 0 Å². The molecular formula is C16H22FN3. The van der Waals surface area contributed by atoms with Crippen LogP contribution in [0.5, 0.6) is 0 Å². The highest BCUT2D eigenvalue weighted by Crippen LogP contribution is 2.24. The number of halogens is 1. The van der Waals surface area contributed by atoms with E-state index in [2.05, 4.69) is 28.7 Å². The third-order valence-electron chi connectivity index (χ3n) is 3.41. The number of nitrogens with one attached hydrogen (secondary N) is 1. The molecule has 1 atom stereocenters. The van der Waals surface area contributed by atoms with Crippen LogP contribution in [0.3, 0.4) is 0 Å². The predicted octanol–water partition coefficient (Wildman–Crippen LogP) is 3.44. The Kier molecular flexibility index (Phi) is 4.90. The van der Waals surface area contributed by atoms with Crippen LogP contribution in [-0.2, 0) is 6.54 Å². The fourth-order valence-corrected chi connectivity index (χ4v) is 2.36. The van der Waals surface area contributed by atoms with Crippen molar-refractivity contribution in [1.29, 1.82) is 0 Å². The van der Waals surface area contributed by atoms with E-state index >= 15 is 0 Å². The van der Waals surface area contributed by atoms with Crippen LogP contribution in [0.1, 0.15) is 43.3 Å². The van der Waals surface area contributed by atoms with Crippen molar-refractivity contribution >= 4 is 0 Å². The molecule has 0 saturated heterocycles. The molecule has 0 aliphatic rings. The molecule has 2 rings (SSSR count). The Morgan fingerprint density at radius 2 is 2.15 bits per heavy atom. The highest BCUT2D eigenvalue weighted by molar-refractivity contribution is 5.31. The molecule has 0 aliphatic carbocycles. The summed E-state index contributed by atoms with van der Waals surface area (Å²) in [4.78, 5) is 4.42. The zero-order valence-corrected chi connectivity index (χ0v) is 12.4. The third-order valence-corrected chi connectivity index (χ3v) is 3.41. The average Bonchev–Trinajstić information content (AvgIpc) is 2.91. The maximum absolute atomic E-state index is 14.2. The molecule has 3 nitrogen and oxygen atoms in total. The summed E-state index contributed by atoms with van der Waals surface area (Å²) in [5.41, 5.74) is 1.72. The molecule has 1 heterocycles. The Balaban J connectivity index is 2.44. The van der Waals surface area contributed by atoms with E-state index in [4.69, 9.17) is 0 Å². The predicted molar refractivity (Wildman–Crippen MR) is 79.2 cm³/mol. The molecule has 0 fully saturated rings. The lowest BCUT2D eigenvalue weighted by Gasteiger charge is -2.20. The van der Waals surface area contributed by atoms with Crippen LogP contribution in [0.2, 0.25) is 0 Å². The SMILES string of the molecule is CCCNC(c1cc(C)ccc1F)c1nccn1CC. The lowest BCUT2D eigenvalue weighted by atomic mass is 10.0. The molecule has 0 amide bonds. The van der Waals surface area contributed by atoms with Gasteiger partial charge >= 0.3 is 0 Å². The van der Waals surface area contributed by atoms with Crippen LogP contribution in [0.4, 0.5) is 4.39 Å². The maximum Gasteiger partial charge on any atom is 0.130 e. The third kappa shape index (κ3) is 3.07. The van der Waals surface area contributed by atoms with Gasteiger partial charge < -0.3 is 9.88 Å². The van der Waals surface area contributed by atoms with Gasteiger partial charge in [0, 0.05) is 24.5 Å². The molecule has 1 aromatic heterocycles. The second kappa shape index (κ2) is 6.66. The fraction of sp³-hybridized carbons (Fsp3) is 0.438. The van der Waals surface area contributed by atoms with Gasteiger partial charge in [0.15, 0.2) is 0 Å². The van der Waals surface area contributed by atoms with Gasteiger partial charge in [0.05, 0.1) is 6.04 Å². The summed E-state index contributed by atoms with van der Waals surface area (Å²) < 4.78 is 16.2. The molecule has 108 valence electrons. The van der Waals surface area contributed by atoms with E-state index in [0.29, 0.717) is 5.56 Å². The summed E-state index contributed by atoms with van der Waals surface area (Å²) in [6.07, 6.45) is 4.70. The quantitative estimate of drug-likeness (QED) is 0.875. The molecule has 0 aliphatic heterocycles. The van der Waals surface area contributed by atoms with Gasteiger partial charge in [-0.15, -0.1) is 0 Å². The van der Waals surface area contributed by atoms with Crippen molar-refractivity contribution in [1.82, 2.24) is 14.9 Å². The van der Waals surface area contributed by atoms with E-state index in [1.807, 2.05) is 19.2 Å². The Bertz CT molecular complexity index is 563. The average molecular weight is 275 g/mol. The van der Waals surface area contributed by atoms with Crippen molar-refractivity contribution < 1.29 is 4.39 Å². The van der Waals surface area contributed by atoms with E-state index in [-0.39, 0.29) is 11.9 Å². The highest BCUT2D eigenvalue weighted by atomic mass is 19.1. The summed E-state index contributed by atoms with van der Waals surface area (Å²) in [6.45, 7) is 7.80. The zero-order valence-electron chi connectivity index (χ0n) is 12.4. The molecule has 2 aromatic rings. The van der Waals surface area contributed by atoms with Gasteiger partial charge in [-0.2, -0.15) is 0 Å². The van der Waals surface area contributed by atoms with Gasteiger partial charge in [-0.25, -0.2) is 9.37 Å². The van der Waals surface area contributed by atoms with E-state index in [0.717, 1.165) is 30.9 Å². The van der Waals surface area contributed by atoms with Crippen molar-refractivity contribution in [2.75, 3.05) is 6.54 Å². The number of nitrogens with zero attached hydrogens (tertiary/aromatic N) is 2. The second-order valence-electron chi connectivity index (χ2n) is 4.98. The number of benzene rings is 1. The molecule has 1 N–H and O–H groups in total. The molecule has 0 saturated carbocycles. The highest BCUT2D eigenvalue weighted by Gasteiger charge is 2.21. The Hall–Kier alpha value is -1.68. The van der Waals surface area contributed by atoms with Crippen LogP contribution in [0.25, 0.3) is 0 Å². The summed E-state index contributed by atoms with van der Waals surface area (Å²) in [7, 11) is 0. The topological polar surface area (TPSA) is 29.9 Å². The number of rotatable bonds is 6. The second-order valence-corrected chi connectivity index (χ2v) is 4.98. The number of aryl methyl sites for hydroxylation is 2. The van der Waals surface area contributed by atoms with E-state index in [9.17, 15) is 4.39 Å². The molecular weight excluding hydrogens is 253 g/mol. The van der Waals surface area contributed by atoms with Crippen molar-refractivity contribution in [3.05, 3.63) is 53.4 Å². The van der Waals surface area contributed by atoms with Crippen LogP contribution in [-0.4, -0.2) is 16.1 Å². The number of imidazole rings is 1. The van der Waals surface area contributed by atoms with Gasteiger partial charge in [-0.1, -0.05) is 24.6 Å². The molecule has 20 heavy (non-hydrogen) atoms. The molecule has 1 unspecified atom stereocenters. The van der Waals surface area contributed by atoms with E-state index in [1.165, 1.54) is 6.07 Å². The maximum atomic E-state index is 14.2. The van der Waals surface area contributed by atoms with Crippen molar-refractivity contribution in [3.63, 3.8) is 0 Å². The fourth-order valence-electron chi connectivity index (χ4n) is 2.36. The van der Waals surface area contributed by atoms with E-state index < -0.39 is 0 Å². The standard InChI is InChI=1S/C16H22FN3/c1-4-8-18-15(16-19-9-10-20(16)5-2)13-11-12(3)6-7-14(13)17/h6-7,9-11,15,18H,4-5,8H2,1-3H3. The van der Waals surface area contributed by atoms with Gasteiger partial charge in [0.25, 0.3) is 0 Å². The smallest absolute Gasteiger partial charge is 0.130 e. The molecule has 0 radical (unpaired) electrons. The van der Waals surface area contributed by atoms with Crippen LogP contribution in [0, 0.1) is 12.7 Å². The number of aromatic nitrogens is 2. The lowest BCUT2D eigenvalue weighted by Crippen LogP contribution is -2.27. The van der Waals surface area contributed by atoms with Gasteiger partial charge in [-0.3, -0.25) is 0 Å². The molecule has 0 spiro atoms. The Morgan fingerprint density at radius 3 is 2.85 bits per heavy atom. The summed E-state index contributed by atoms with van der Waals surface area (Å²) in [6, 6.07) is 5.02. The molecule has 0 bridgehead atoms. The number of hydrogen-bond donors (Lipinski definition) is 1. The lowest BCUT2D eigenvalue weighted by molar-refractivity contribution is 0.511. The van der Waals surface area contributed by atoms with Crippen LogP contribution < -0.4 is 5.32 Å². The van der Waals surface area contributed by atoms with Crippen molar-refractivity contribution in [2.24, 2.45) is 0 Å². The first-order chi connectivity index (χ1) is 9.67. The Morgan fingerprint density at radius 1 is 1.35 bits per heavy atom. The zero-order chi connectivity index (χ0) is 14.5. The van der Waals surface area contributed by atoms with E-state index in [1.54, 1.807) is 12.3 Å². The minimum atomic E-state index is -0.204. The first-order valence-electron chi connectivity index (χ1n) is 7.17. The minimum absolute atomic E-state index is 0.185. The number of hydrogen-bond acceptors (Lipinski definition) is 2. The van der Waals surface area contributed by atoms with Crippen molar-refractivity contribution in [2.45, 2.75) is 39.8 Å². The largest absolute Gasteiger partial charge is 0.334 e. The van der Waals surface area contributed by atoms with Gasteiger partial charge in [-0.05, 0) is 32.9 Å². The summed E-state index contributed by atoms with van der Waals surface area (Å²) >= 11 is 0. The molecule has 1 aromatic carbocycles. The monoisotopic (exact) mass is 275 g/mol. The minimum Gasteiger partial charge on any atom is -0.334 e. The Labute approximate surface area is 119 Å².